The minimum atomic E-state index is -1.13. The van der Waals surface area contributed by atoms with E-state index in [1.807, 2.05) is 30.3 Å². The molecule has 1 heterocycles. The second kappa shape index (κ2) is 19.2. The Kier molecular flexibility index (Phi) is 14.0. The van der Waals surface area contributed by atoms with Crippen molar-refractivity contribution in [2.24, 2.45) is 0 Å². The third-order valence-corrected chi connectivity index (χ3v) is 9.48. The highest BCUT2D eigenvalue weighted by atomic mass is 16.5. The summed E-state index contributed by atoms with van der Waals surface area (Å²) in [5, 5.41) is 5.62. The number of amides is 2. The number of hydrogen-bond acceptors (Lipinski definition) is 12. The Bertz CT molecular complexity index is 2100. The zero-order chi connectivity index (χ0) is 41.1. The van der Waals surface area contributed by atoms with Crippen LogP contribution in [0.4, 0.5) is 0 Å². The van der Waals surface area contributed by atoms with Crippen LogP contribution in [0.25, 0.3) is 6.08 Å². The van der Waals surface area contributed by atoms with E-state index >= 15 is 0 Å². The molecule has 0 aromatic heterocycles. The first kappa shape index (κ1) is 41.5. The quantitative estimate of drug-likeness (QED) is 0.112. The molecule has 0 bridgehead atoms. The molecule has 5 rings (SSSR count). The Morgan fingerprint density at radius 1 is 0.632 bits per heavy atom. The molecule has 57 heavy (non-hydrogen) atoms. The van der Waals surface area contributed by atoms with Gasteiger partial charge in [-0.25, -0.2) is 9.59 Å². The number of nitrogens with one attached hydrogen (secondary N) is 2. The Morgan fingerprint density at radius 2 is 1.19 bits per heavy atom. The molecule has 1 aliphatic rings. The summed E-state index contributed by atoms with van der Waals surface area (Å²) in [7, 11) is 9.97. The third kappa shape index (κ3) is 9.58. The summed E-state index contributed by atoms with van der Waals surface area (Å²) >= 11 is 0. The molecule has 300 valence electrons. The van der Waals surface area contributed by atoms with E-state index in [1.54, 1.807) is 48.5 Å². The van der Waals surface area contributed by atoms with E-state index < -0.39 is 47.9 Å². The van der Waals surface area contributed by atoms with Crippen LogP contribution in [0, 0.1) is 0 Å². The second-order valence-electron chi connectivity index (χ2n) is 12.8. The third-order valence-electron chi connectivity index (χ3n) is 9.48. The SMILES string of the molecule is COC(=O)C(Cc1ccccc1)NC(=O)C=Cc1ccc(OC)c2c1C(C(=O)NC(Cc1ccc(OC)c(OC)c1)C(=O)OC)C(c1ccc(OC)c(OC)c1)O2. The van der Waals surface area contributed by atoms with Gasteiger partial charge in [0, 0.05) is 24.5 Å². The van der Waals surface area contributed by atoms with Gasteiger partial charge in [-0.3, -0.25) is 9.59 Å². The molecule has 1 aliphatic heterocycles. The van der Waals surface area contributed by atoms with Gasteiger partial charge in [0.1, 0.15) is 24.1 Å². The smallest absolute Gasteiger partial charge is 0.328 e. The predicted octanol–water partition coefficient (Wildman–Crippen LogP) is 4.76. The fourth-order valence-electron chi connectivity index (χ4n) is 6.66. The lowest BCUT2D eigenvalue weighted by molar-refractivity contribution is -0.145. The minimum absolute atomic E-state index is 0.0512. The number of hydrogen-bond donors (Lipinski definition) is 2. The lowest BCUT2D eigenvalue weighted by atomic mass is 9.86. The monoisotopic (exact) mass is 782 g/mol. The highest BCUT2D eigenvalue weighted by molar-refractivity contribution is 5.96. The van der Waals surface area contributed by atoms with Crippen molar-refractivity contribution in [3.05, 3.63) is 113 Å². The van der Waals surface area contributed by atoms with Crippen molar-refractivity contribution < 1.29 is 57.1 Å². The molecule has 0 spiro atoms. The first-order chi connectivity index (χ1) is 27.6. The van der Waals surface area contributed by atoms with Crippen LogP contribution in [-0.2, 0) is 41.5 Å². The summed E-state index contributed by atoms with van der Waals surface area (Å²) in [5.41, 5.74) is 2.87. The van der Waals surface area contributed by atoms with Gasteiger partial charge in [-0.2, -0.15) is 0 Å². The fourth-order valence-corrected chi connectivity index (χ4v) is 6.66. The van der Waals surface area contributed by atoms with E-state index in [2.05, 4.69) is 10.6 Å². The van der Waals surface area contributed by atoms with Gasteiger partial charge in [-0.1, -0.05) is 48.5 Å². The summed E-state index contributed by atoms with van der Waals surface area (Å²) in [6.45, 7) is 0. The molecule has 0 radical (unpaired) electrons. The van der Waals surface area contributed by atoms with E-state index in [1.165, 1.54) is 61.9 Å². The highest BCUT2D eigenvalue weighted by Gasteiger charge is 2.45. The summed E-state index contributed by atoms with van der Waals surface area (Å²) in [4.78, 5) is 54.0. The largest absolute Gasteiger partial charge is 0.493 e. The second-order valence-corrected chi connectivity index (χ2v) is 12.8. The summed E-state index contributed by atoms with van der Waals surface area (Å²) in [5.74, 6) is -1.17. The van der Waals surface area contributed by atoms with Crippen LogP contribution in [0.5, 0.6) is 34.5 Å². The van der Waals surface area contributed by atoms with Crippen molar-refractivity contribution in [1.29, 1.82) is 0 Å². The molecule has 2 amide bonds. The van der Waals surface area contributed by atoms with Crippen LogP contribution in [0.15, 0.2) is 84.9 Å². The molecule has 4 unspecified atom stereocenters. The van der Waals surface area contributed by atoms with Crippen molar-refractivity contribution in [1.82, 2.24) is 10.6 Å². The summed E-state index contributed by atoms with van der Waals surface area (Å²) < 4.78 is 44.2. The highest BCUT2D eigenvalue weighted by Crippen LogP contribution is 2.53. The maximum atomic E-state index is 14.7. The van der Waals surface area contributed by atoms with Gasteiger partial charge in [-0.15, -0.1) is 0 Å². The van der Waals surface area contributed by atoms with E-state index in [9.17, 15) is 19.2 Å². The number of fused-ring (bicyclic) bond motifs is 1. The average molecular weight is 783 g/mol. The molecule has 0 saturated heterocycles. The summed E-state index contributed by atoms with van der Waals surface area (Å²) in [6, 6.07) is 20.8. The number of ether oxygens (including phenoxy) is 8. The molecule has 14 nitrogen and oxygen atoms in total. The van der Waals surface area contributed by atoms with Gasteiger partial charge < -0.3 is 48.5 Å². The van der Waals surface area contributed by atoms with Crippen molar-refractivity contribution in [3.8, 4) is 34.5 Å². The van der Waals surface area contributed by atoms with Crippen LogP contribution < -0.4 is 39.1 Å². The molecular formula is C43H46N2O12. The lowest BCUT2D eigenvalue weighted by Crippen LogP contribution is -2.45. The van der Waals surface area contributed by atoms with Crippen molar-refractivity contribution >= 4 is 29.8 Å². The Balaban J connectivity index is 1.54. The molecule has 4 atom stereocenters. The van der Waals surface area contributed by atoms with Gasteiger partial charge in [-0.05, 0) is 58.7 Å². The van der Waals surface area contributed by atoms with E-state index in [4.69, 9.17) is 37.9 Å². The van der Waals surface area contributed by atoms with Crippen LogP contribution in [0.2, 0.25) is 0 Å². The number of methoxy groups -OCH3 is 7. The maximum absolute atomic E-state index is 14.7. The molecular weight excluding hydrogens is 736 g/mol. The first-order valence-corrected chi connectivity index (χ1v) is 17.9. The zero-order valence-electron chi connectivity index (χ0n) is 32.8. The van der Waals surface area contributed by atoms with Crippen molar-refractivity contribution in [2.75, 3.05) is 49.8 Å². The van der Waals surface area contributed by atoms with Gasteiger partial charge in [0.15, 0.2) is 34.5 Å². The van der Waals surface area contributed by atoms with Crippen molar-refractivity contribution in [3.63, 3.8) is 0 Å². The standard InChI is InChI=1S/C43H46N2O12/c1-50-31-17-13-26(23-34(31)53-4)22-30(43(49)56-7)45-41(47)38-37-27(16-20-36(46)44-29(42(48)55-6)21-25-11-9-8-10-12-25)14-19-33(52-3)40(37)57-39(38)28-15-18-32(51-2)35(24-28)54-5/h8-20,23-24,29-30,38-39H,21-22H2,1-7H3,(H,44,46)(H,45,47). The molecule has 4 aromatic carbocycles. The lowest BCUT2D eigenvalue weighted by Gasteiger charge is -2.24. The van der Waals surface area contributed by atoms with Crippen LogP contribution in [0.3, 0.4) is 0 Å². The van der Waals surface area contributed by atoms with Crippen LogP contribution in [0.1, 0.15) is 39.8 Å². The topological polar surface area (TPSA) is 166 Å². The predicted molar refractivity (Wildman–Crippen MR) is 209 cm³/mol. The molecule has 4 aromatic rings. The van der Waals surface area contributed by atoms with Gasteiger partial charge >= 0.3 is 11.9 Å². The average Bonchev–Trinajstić information content (AvgIpc) is 3.65. The van der Waals surface area contributed by atoms with E-state index in [-0.39, 0.29) is 18.6 Å². The molecule has 0 fully saturated rings. The maximum Gasteiger partial charge on any atom is 0.328 e. The Hall–Kier alpha value is -6.70. The first-order valence-electron chi connectivity index (χ1n) is 17.9. The number of rotatable bonds is 17. The van der Waals surface area contributed by atoms with Gasteiger partial charge in [0.05, 0.1) is 49.8 Å². The minimum Gasteiger partial charge on any atom is -0.493 e. The van der Waals surface area contributed by atoms with E-state index in [0.717, 1.165) is 5.56 Å². The van der Waals surface area contributed by atoms with Gasteiger partial charge in [0.2, 0.25) is 11.8 Å². The number of esters is 2. The molecule has 14 heteroatoms. The van der Waals surface area contributed by atoms with Crippen LogP contribution >= 0.6 is 0 Å². The normalized spacial score (nSPS) is 15.3. The zero-order valence-corrected chi connectivity index (χ0v) is 32.8. The Morgan fingerprint density at radius 3 is 1.81 bits per heavy atom. The van der Waals surface area contributed by atoms with E-state index in [0.29, 0.717) is 51.0 Å². The summed E-state index contributed by atoms with van der Waals surface area (Å²) in [6.07, 6.45) is 2.07. The molecule has 0 saturated carbocycles. The van der Waals surface area contributed by atoms with Gasteiger partial charge in [0.25, 0.3) is 0 Å². The molecule has 0 aliphatic carbocycles. The fraction of sp³-hybridized carbons (Fsp3) is 0.302. The van der Waals surface area contributed by atoms with Crippen LogP contribution in [-0.4, -0.2) is 85.6 Å². The number of carbonyl (C=O) groups excluding carboxylic acids is 4. The van der Waals surface area contributed by atoms with Crippen molar-refractivity contribution in [2.45, 2.75) is 36.9 Å². The Labute approximate surface area is 330 Å². The number of benzene rings is 4. The number of carbonyl (C=O) groups is 4. The molecule has 2 N–H and O–H groups in total.